The zero-order chi connectivity index (χ0) is 26.2. The molecule has 194 valence electrons. The number of para-hydroxylation sites is 1. The molecule has 0 saturated carbocycles. The van der Waals surface area contributed by atoms with Gasteiger partial charge in [0.25, 0.3) is 5.91 Å². The summed E-state index contributed by atoms with van der Waals surface area (Å²) in [5, 5.41) is 3.84. The molecule has 1 aliphatic rings. The van der Waals surface area contributed by atoms with Crippen LogP contribution in [0.1, 0.15) is 57.6 Å². The molecule has 0 atom stereocenters. The molecular formula is C32H32N2O3S. The topological polar surface area (TPSA) is 59.9 Å². The van der Waals surface area contributed by atoms with Crippen molar-refractivity contribution in [1.82, 2.24) is 0 Å². The molecule has 0 saturated heterocycles. The van der Waals surface area contributed by atoms with Gasteiger partial charge in [0, 0.05) is 16.8 Å². The molecule has 0 aliphatic heterocycles. The van der Waals surface area contributed by atoms with E-state index in [0.29, 0.717) is 23.7 Å². The molecule has 1 aromatic heterocycles. The maximum Gasteiger partial charge on any atom is 0.259 e. The first kappa shape index (κ1) is 25.7. The van der Waals surface area contributed by atoms with Gasteiger partial charge >= 0.3 is 0 Å². The molecule has 6 heteroatoms. The SMILES string of the molecule is COc1cc(C=Nc2sc3c(c2C(=O)Nc2ccccc2)CCCCCC3)ccc1OCc1ccccc1. The van der Waals surface area contributed by atoms with Crippen LogP contribution in [0.5, 0.6) is 11.5 Å². The van der Waals surface area contributed by atoms with Crippen LogP contribution in [0.3, 0.4) is 0 Å². The lowest BCUT2D eigenvalue weighted by Crippen LogP contribution is -2.14. The molecule has 0 bridgehead atoms. The van der Waals surface area contributed by atoms with Crippen LogP contribution in [0.2, 0.25) is 0 Å². The summed E-state index contributed by atoms with van der Waals surface area (Å²) in [6, 6.07) is 25.4. The fraction of sp³-hybridized carbons (Fsp3) is 0.250. The highest BCUT2D eigenvalue weighted by Crippen LogP contribution is 2.39. The summed E-state index contributed by atoms with van der Waals surface area (Å²) in [5.74, 6) is 1.23. The van der Waals surface area contributed by atoms with Crippen molar-refractivity contribution in [2.75, 3.05) is 12.4 Å². The Hall–Kier alpha value is -3.90. The number of aliphatic imine (C=N–C) groups is 1. The monoisotopic (exact) mass is 524 g/mol. The number of hydrogen-bond donors (Lipinski definition) is 1. The van der Waals surface area contributed by atoms with Crippen LogP contribution >= 0.6 is 11.3 Å². The minimum absolute atomic E-state index is 0.0938. The average Bonchev–Trinajstić information content (AvgIpc) is 3.28. The highest BCUT2D eigenvalue weighted by molar-refractivity contribution is 7.16. The number of carbonyl (C=O) groups excluding carboxylic acids is 1. The zero-order valence-electron chi connectivity index (χ0n) is 21.6. The van der Waals surface area contributed by atoms with Crippen LogP contribution in [0.25, 0.3) is 0 Å². The highest BCUT2D eigenvalue weighted by Gasteiger charge is 2.24. The Morgan fingerprint density at radius 3 is 2.42 bits per heavy atom. The molecule has 0 unspecified atom stereocenters. The van der Waals surface area contributed by atoms with Gasteiger partial charge in [0.15, 0.2) is 11.5 Å². The predicted molar refractivity (Wildman–Crippen MR) is 156 cm³/mol. The Balaban J connectivity index is 1.40. The summed E-state index contributed by atoms with van der Waals surface area (Å²) >= 11 is 1.65. The molecule has 1 amide bonds. The van der Waals surface area contributed by atoms with Gasteiger partial charge in [-0.2, -0.15) is 0 Å². The van der Waals surface area contributed by atoms with Crippen molar-refractivity contribution in [1.29, 1.82) is 0 Å². The molecule has 5 rings (SSSR count). The van der Waals surface area contributed by atoms with Gasteiger partial charge < -0.3 is 14.8 Å². The minimum Gasteiger partial charge on any atom is -0.493 e. The van der Waals surface area contributed by atoms with E-state index < -0.39 is 0 Å². The number of thiophene rings is 1. The van der Waals surface area contributed by atoms with E-state index in [1.165, 1.54) is 17.7 Å². The number of ether oxygens (including phenoxy) is 2. The number of fused-ring (bicyclic) bond motifs is 1. The summed E-state index contributed by atoms with van der Waals surface area (Å²) in [6.07, 6.45) is 8.41. The molecule has 5 nitrogen and oxygen atoms in total. The predicted octanol–water partition coefficient (Wildman–Crippen LogP) is 8.00. The van der Waals surface area contributed by atoms with Gasteiger partial charge in [0.1, 0.15) is 11.6 Å². The van der Waals surface area contributed by atoms with Gasteiger partial charge in [-0.15, -0.1) is 11.3 Å². The largest absolute Gasteiger partial charge is 0.493 e. The molecule has 0 fully saturated rings. The maximum atomic E-state index is 13.5. The van der Waals surface area contributed by atoms with Crippen molar-refractivity contribution in [2.45, 2.75) is 45.1 Å². The Morgan fingerprint density at radius 2 is 1.66 bits per heavy atom. The van der Waals surface area contributed by atoms with E-state index in [2.05, 4.69) is 5.32 Å². The van der Waals surface area contributed by atoms with Crippen molar-refractivity contribution in [3.8, 4) is 11.5 Å². The molecule has 0 spiro atoms. The van der Waals surface area contributed by atoms with Crippen molar-refractivity contribution in [3.63, 3.8) is 0 Å². The van der Waals surface area contributed by atoms with Gasteiger partial charge in [0.05, 0.1) is 12.7 Å². The summed E-state index contributed by atoms with van der Waals surface area (Å²) in [5.41, 5.74) is 4.63. The third kappa shape index (κ3) is 6.32. The maximum absolute atomic E-state index is 13.5. The van der Waals surface area contributed by atoms with Crippen LogP contribution in [-0.4, -0.2) is 19.2 Å². The fourth-order valence-electron chi connectivity index (χ4n) is 4.70. The number of rotatable bonds is 8. The number of nitrogens with one attached hydrogen (secondary N) is 1. The summed E-state index contributed by atoms with van der Waals surface area (Å²) in [4.78, 5) is 19.6. The van der Waals surface area contributed by atoms with Crippen LogP contribution in [0.15, 0.2) is 83.9 Å². The van der Waals surface area contributed by atoms with Crippen LogP contribution in [0, 0.1) is 0 Å². The molecule has 1 aliphatic carbocycles. The summed E-state index contributed by atoms with van der Waals surface area (Å²) in [6.45, 7) is 0.464. The van der Waals surface area contributed by atoms with Crippen molar-refractivity contribution in [3.05, 3.63) is 106 Å². The minimum atomic E-state index is -0.0938. The number of hydrogen-bond acceptors (Lipinski definition) is 5. The lowest BCUT2D eigenvalue weighted by Gasteiger charge is -2.12. The van der Waals surface area contributed by atoms with E-state index in [0.717, 1.165) is 53.1 Å². The van der Waals surface area contributed by atoms with E-state index in [-0.39, 0.29) is 5.91 Å². The van der Waals surface area contributed by atoms with E-state index in [4.69, 9.17) is 14.5 Å². The molecule has 0 radical (unpaired) electrons. The standard InChI is InChI=1S/C32H32N2O3S/c1-36-28-20-24(18-19-27(28)37-22-23-12-6-4-7-13-23)21-33-32-30(31(35)34-25-14-8-5-9-15-25)26-16-10-2-3-11-17-29(26)38-32/h4-9,12-15,18-21H,2-3,10-11,16-17,22H2,1H3,(H,34,35). The van der Waals surface area contributed by atoms with E-state index in [9.17, 15) is 4.79 Å². The Morgan fingerprint density at radius 1 is 0.921 bits per heavy atom. The number of amides is 1. The van der Waals surface area contributed by atoms with E-state index >= 15 is 0 Å². The first-order valence-electron chi connectivity index (χ1n) is 13.1. The normalized spacial score (nSPS) is 13.4. The second kappa shape index (κ2) is 12.6. The Kier molecular flexibility index (Phi) is 8.51. The van der Waals surface area contributed by atoms with Crippen molar-refractivity contribution in [2.24, 2.45) is 4.99 Å². The third-order valence-electron chi connectivity index (χ3n) is 6.67. The fourth-order valence-corrected chi connectivity index (χ4v) is 5.93. The first-order valence-corrected chi connectivity index (χ1v) is 13.9. The van der Waals surface area contributed by atoms with Gasteiger partial charge in [-0.05, 0) is 72.7 Å². The number of carbonyl (C=O) groups is 1. The summed E-state index contributed by atoms with van der Waals surface area (Å²) in [7, 11) is 1.64. The smallest absolute Gasteiger partial charge is 0.259 e. The highest BCUT2D eigenvalue weighted by atomic mass is 32.1. The van der Waals surface area contributed by atoms with Crippen LogP contribution in [0.4, 0.5) is 10.7 Å². The molecule has 4 aromatic rings. The van der Waals surface area contributed by atoms with Crippen molar-refractivity contribution >= 4 is 34.1 Å². The second-order valence-corrected chi connectivity index (χ2v) is 10.4. The number of methoxy groups -OCH3 is 1. The van der Waals surface area contributed by atoms with Crippen LogP contribution < -0.4 is 14.8 Å². The third-order valence-corrected chi connectivity index (χ3v) is 7.87. The molecule has 3 aromatic carbocycles. The quantitative estimate of drug-likeness (QED) is 0.238. The number of aryl methyl sites for hydroxylation is 1. The lowest BCUT2D eigenvalue weighted by molar-refractivity contribution is 0.102. The van der Waals surface area contributed by atoms with Crippen molar-refractivity contribution < 1.29 is 14.3 Å². The first-order chi connectivity index (χ1) is 18.7. The number of anilines is 1. The molecule has 1 heterocycles. The number of nitrogens with zero attached hydrogens (tertiary/aromatic N) is 1. The zero-order valence-corrected chi connectivity index (χ0v) is 22.4. The summed E-state index contributed by atoms with van der Waals surface area (Å²) < 4.78 is 11.6. The van der Waals surface area contributed by atoms with E-state index in [1.54, 1.807) is 18.4 Å². The van der Waals surface area contributed by atoms with Crippen LogP contribution in [-0.2, 0) is 19.4 Å². The lowest BCUT2D eigenvalue weighted by atomic mass is 9.96. The average molecular weight is 525 g/mol. The molecular weight excluding hydrogens is 492 g/mol. The second-order valence-electron chi connectivity index (χ2n) is 9.36. The Labute approximate surface area is 228 Å². The Bertz CT molecular complexity index is 1400. The number of benzene rings is 3. The van der Waals surface area contributed by atoms with Gasteiger partial charge in [-0.25, -0.2) is 4.99 Å². The van der Waals surface area contributed by atoms with Gasteiger partial charge in [-0.1, -0.05) is 61.4 Å². The van der Waals surface area contributed by atoms with Gasteiger partial charge in [-0.3, -0.25) is 4.79 Å². The van der Waals surface area contributed by atoms with Gasteiger partial charge in [0.2, 0.25) is 0 Å². The molecule has 1 N–H and O–H groups in total. The van der Waals surface area contributed by atoms with E-state index in [1.807, 2.05) is 85.1 Å². The molecule has 38 heavy (non-hydrogen) atoms.